The fourth-order valence-electron chi connectivity index (χ4n) is 3.79. The van der Waals surface area contributed by atoms with E-state index in [1.54, 1.807) is 21.3 Å². The summed E-state index contributed by atoms with van der Waals surface area (Å²) >= 11 is 0. The van der Waals surface area contributed by atoms with Gasteiger partial charge in [-0.2, -0.15) is 0 Å². The van der Waals surface area contributed by atoms with Crippen molar-refractivity contribution in [3.8, 4) is 17.2 Å². The van der Waals surface area contributed by atoms with Crippen molar-refractivity contribution >= 4 is 5.96 Å². The van der Waals surface area contributed by atoms with E-state index in [9.17, 15) is 0 Å². The molecule has 0 bridgehead atoms. The molecule has 2 N–H and O–H groups in total. The molecule has 2 unspecified atom stereocenters. The largest absolute Gasteiger partial charge is 0.496 e. The third-order valence-corrected chi connectivity index (χ3v) is 5.26. The summed E-state index contributed by atoms with van der Waals surface area (Å²) in [6.45, 7) is 9.84. The summed E-state index contributed by atoms with van der Waals surface area (Å²) < 4.78 is 22.5. The van der Waals surface area contributed by atoms with Crippen LogP contribution in [-0.2, 0) is 4.74 Å². The summed E-state index contributed by atoms with van der Waals surface area (Å²) in [4.78, 5) is 4.34. The minimum Gasteiger partial charge on any atom is -0.496 e. The predicted octanol–water partition coefficient (Wildman–Crippen LogP) is 3.48. The Hall–Kier alpha value is -2.15. The maximum absolute atomic E-state index is 6.07. The van der Waals surface area contributed by atoms with E-state index in [4.69, 9.17) is 18.9 Å². The Kier molecular flexibility index (Phi) is 9.56. The summed E-state index contributed by atoms with van der Waals surface area (Å²) in [7, 11) is 5.06. The fourth-order valence-corrected chi connectivity index (χ4v) is 3.79. The number of hydrogen-bond donors (Lipinski definition) is 2. The Morgan fingerprint density at radius 3 is 2.37 bits per heavy atom. The maximum atomic E-state index is 6.07. The molecular formula is C23H39N3O4. The molecule has 0 radical (unpaired) electrons. The van der Waals surface area contributed by atoms with Crippen molar-refractivity contribution < 1.29 is 18.9 Å². The van der Waals surface area contributed by atoms with Gasteiger partial charge in [-0.25, -0.2) is 0 Å². The second-order valence-electron chi connectivity index (χ2n) is 8.69. The molecular weight excluding hydrogens is 382 g/mol. The highest BCUT2D eigenvalue weighted by Crippen LogP contribution is 2.33. The van der Waals surface area contributed by atoms with Gasteiger partial charge in [-0.3, -0.25) is 4.99 Å². The highest BCUT2D eigenvalue weighted by molar-refractivity contribution is 5.79. The van der Waals surface area contributed by atoms with Crippen molar-refractivity contribution in [3.05, 3.63) is 18.2 Å². The van der Waals surface area contributed by atoms with Crippen LogP contribution in [0.2, 0.25) is 0 Å². The molecule has 1 aromatic carbocycles. The molecule has 1 fully saturated rings. The smallest absolute Gasteiger partial charge is 0.190 e. The third-order valence-electron chi connectivity index (χ3n) is 5.26. The number of nitrogens with one attached hydrogen (secondary N) is 2. The Bertz CT molecular complexity index is 651. The standard InChI is InChI=1S/C23H39N3O4/c1-23(2,3)21-17(9-7-11-30-21)16-26-22(24-4)25-10-8-12-29-20-14-18(27-5)13-19(15-20)28-6/h13-15,17,21H,7-12,16H2,1-6H3,(H2,24,25,26). The highest BCUT2D eigenvalue weighted by atomic mass is 16.5. The maximum Gasteiger partial charge on any atom is 0.190 e. The molecule has 7 nitrogen and oxygen atoms in total. The number of benzene rings is 1. The van der Waals surface area contributed by atoms with Crippen molar-refractivity contribution in [3.63, 3.8) is 0 Å². The van der Waals surface area contributed by atoms with Crippen LogP contribution in [0.5, 0.6) is 17.2 Å². The molecule has 1 aliphatic rings. The van der Waals surface area contributed by atoms with Crippen LogP contribution >= 0.6 is 0 Å². The molecule has 2 rings (SSSR count). The Balaban J connectivity index is 1.72. The van der Waals surface area contributed by atoms with Gasteiger partial charge in [-0.15, -0.1) is 0 Å². The van der Waals surface area contributed by atoms with E-state index in [2.05, 4.69) is 36.4 Å². The van der Waals surface area contributed by atoms with Gasteiger partial charge in [-0.1, -0.05) is 20.8 Å². The number of methoxy groups -OCH3 is 2. The highest BCUT2D eigenvalue weighted by Gasteiger charge is 2.35. The van der Waals surface area contributed by atoms with Crippen molar-refractivity contribution in [2.45, 2.75) is 46.1 Å². The third kappa shape index (κ3) is 7.59. The van der Waals surface area contributed by atoms with Gasteiger partial charge in [0.15, 0.2) is 5.96 Å². The molecule has 0 amide bonds. The minimum atomic E-state index is 0.143. The molecule has 1 heterocycles. The first-order valence-corrected chi connectivity index (χ1v) is 10.8. The number of rotatable bonds is 9. The molecule has 2 atom stereocenters. The van der Waals surface area contributed by atoms with Crippen LogP contribution in [0.1, 0.15) is 40.0 Å². The van der Waals surface area contributed by atoms with Crippen LogP contribution in [0.4, 0.5) is 0 Å². The van der Waals surface area contributed by atoms with Gasteiger partial charge in [0.05, 0.1) is 26.9 Å². The lowest BCUT2D eigenvalue weighted by Crippen LogP contribution is -2.47. The van der Waals surface area contributed by atoms with E-state index in [0.717, 1.165) is 44.2 Å². The van der Waals surface area contributed by atoms with Crippen LogP contribution in [-0.4, -0.2) is 59.6 Å². The Morgan fingerprint density at radius 2 is 1.77 bits per heavy atom. The predicted molar refractivity (Wildman–Crippen MR) is 121 cm³/mol. The van der Waals surface area contributed by atoms with Gasteiger partial charge in [0.25, 0.3) is 0 Å². The average Bonchev–Trinajstić information content (AvgIpc) is 2.74. The monoisotopic (exact) mass is 421 g/mol. The van der Waals surface area contributed by atoms with E-state index in [-0.39, 0.29) is 11.5 Å². The van der Waals surface area contributed by atoms with Gasteiger partial charge in [0, 0.05) is 50.9 Å². The number of ether oxygens (including phenoxy) is 4. The summed E-state index contributed by atoms with van der Waals surface area (Å²) in [6, 6.07) is 5.54. The first-order valence-electron chi connectivity index (χ1n) is 10.8. The van der Waals surface area contributed by atoms with Crippen molar-refractivity contribution in [2.75, 3.05) is 47.6 Å². The minimum absolute atomic E-state index is 0.143. The SMILES string of the molecule is CN=C(NCCCOc1cc(OC)cc(OC)c1)NCC1CCCOC1C(C)(C)C. The van der Waals surface area contributed by atoms with Crippen LogP contribution < -0.4 is 24.8 Å². The lowest BCUT2D eigenvalue weighted by Gasteiger charge is -2.40. The zero-order valence-electron chi connectivity index (χ0n) is 19.4. The van der Waals surface area contributed by atoms with Crippen LogP contribution in [0.25, 0.3) is 0 Å². The van der Waals surface area contributed by atoms with E-state index in [1.165, 1.54) is 6.42 Å². The summed E-state index contributed by atoms with van der Waals surface area (Å²) in [5, 5.41) is 6.83. The quantitative estimate of drug-likeness (QED) is 0.361. The average molecular weight is 422 g/mol. The van der Waals surface area contributed by atoms with Crippen LogP contribution in [0, 0.1) is 11.3 Å². The van der Waals surface area contributed by atoms with Gasteiger partial charge >= 0.3 is 0 Å². The van der Waals surface area contributed by atoms with Gasteiger partial charge in [0.2, 0.25) is 0 Å². The van der Waals surface area contributed by atoms with E-state index >= 15 is 0 Å². The first-order chi connectivity index (χ1) is 14.4. The molecule has 0 spiro atoms. The number of hydrogen-bond acceptors (Lipinski definition) is 5. The molecule has 0 saturated carbocycles. The van der Waals surface area contributed by atoms with Crippen LogP contribution in [0.3, 0.4) is 0 Å². The lowest BCUT2D eigenvalue weighted by molar-refractivity contribution is -0.0835. The number of nitrogens with zero attached hydrogens (tertiary/aromatic N) is 1. The number of guanidine groups is 1. The molecule has 7 heteroatoms. The normalized spacial score (nSPS) is 19.9. The van der Waals surface area contributed by atoms with Crippen molar-refractivity contribution in [1.29, 1.82) is 0 Å². The first kappa shape index (κ1) is 24.1. The Labute approximate surface area is 181 Å². The zero-order chi connectivity index (χ0) is 22.0. The zero-order valence-corrected chi connectivity index (χ0v) is 19.4. The van der Waals surface area contributed by atoms with Gasteiger partial charge in [-0.05, 0) is 24.7 Å². The molecule has 30 heavy (non-hydrogen) atoms. The summed E-state index contributed by atoms with van der Waals surface area (Å²) in [5.41, 5.74) is 0.143. The molecule has 170 valence electrons. The lowest BCUT2D eigenvalue weighted by atomic mass is 9.78. The fraction of sp³-hybridized carbons (Fsp3) is 0.696. The van der Waals surface area contributed by atoms with Crippen molar-refractivity contribution in [2.24, 2.45) is 16.3 Å². The van der Waals surface area contributed by atoms with Gasteiger partial charge < -0.3 is 29.6 Å². The van der Waals surface area contributed by atoms with E-state index in [0.29, 0.717) is 24.0 Å². The van der Waals surface area contributed by atoms with Gasteiger partial charge in [0.1, 0.15) is 17.2 Å². The van der Waals surface area contributed by atoms with E-state index < -0.39 is 0 Å². The molecule has 1 aliphatic heterocycles. The Morgan fingerprint density at radius 1 is 1.10 bits per heavy atom. The molecule has 0 aliphatic carbocycles. The second kappa shape index (κ2) is 11.9. The summed E-state index contributed by atoms with van der Waals surface area (Å²) in [6.07, 6.45) is 3.42. The topological polar surface area (TPSA) is 73.3 Å². The number of aliphatic imine (C=N–C) groups is 1. The van der Waals surface area contributed by atoms with Crippen molar-refractivity contribution in [1.82, 2.24) is 10.6 Å². The summed E-state index contributed by atoms with van der Waals surface area (Å²) in [5.74, 6) is 3.47. The second-order valence-corrected chi connectivity index (χ2v) is 8.69. The molecule has 1 saturated heterocycles. The van der Waals surface area contributed by atoms with Crippen LogP contribution in [0.15, 0.2) is 23.2 Å². The molecule has 1 aromatic rings. The van der Waals surface area contributed by atoms with E-state index in [1.807, 2.05) is 18.2 Å². The molecule has 0 aromatic heterocycles.